The molecule has 29 heavy (non-hydrogen) atoms. The van der Waals surface area contributed by atoms with E-state index in [0.29, 0.717) is 12.8 Å². The maximum absolute atomic E-state index is 12.7. The van der Waals surface area contributed by atoms with Gasteiger partial charge in [0.2, 0.25) is 0 Å². The molecule has 0 saturated carbocycles. The largest absolute Gasteiger partial charge is 0.444 e. The van der Waals surface area contributed by atoms with E-state index in [4.69, 9.17) is 4.74 Å². The summed E-state index contributed by atoms with van der Waals surface area (Å²) in [5.74, 6) is 3.24. The van der Waals surface area contributed by atoms with Crippen LogP contribution in [0, 0.1) is 22.8 Å². The van der Waals surface area contributed by atoms with E-state index in [1.165, 1.54) is 0 Å². The summed E-state index contributed by atoms with van der Waals surface area (Å²) in [6.45, 7) is 12.2. The molecule has 2 aliphatic heterocycles. The zero-order chi connectivity index (χ0) is 21.4. The third-order valence-corrected chi connectivity index (χ3v) is 5.95. The number of carbonyl (C=O) groups is 1. The average Bonchev–Trinajstić information content (AvgIpc) is 2.89. The van der Waals surface area contributed by atoms with Crippen LogP contribution in [0.2, 0.25) is 19.6 Å². The predicted molar refractivity (Wildman–Crippen MR) is 116 cm³/mol. The summed E-state index contributed by atoms with van der Waals surface area (Å²) in [6, 6.07) is 4.23. The Kier molecular flexibility index (Phi) is 5.36. The molecule has 2 aliphatic rings. The van der Waals surface area contributed by atoms with Gasteiger partial charge in [-0.05, 0) is 45.2 Å². The van der Waals surface area contributed by atoms with E-state index in [-0.39, 0.29) is 18.2 Å². The van der Waals surface area contributed by atoms with Gasteiger partial charge in [-0.1, -0.05) is 37.7 Å². The van der Waals surface area contributed by atoms with Crippen LogP contribution < -0.4 is 0 Å². The number of aromatic nitrogens is 1. The molecular formula is C23H29N3O2Si. The summed E-state index contributed by atoms with van der Waals surface area (Å²) < 4.78 is 5.59. The molecule has 2 bridgehead atoms. The first-order valence-corrected chi connectivity index (χ1v) is 13.5. The number of ether oxygens (including phenoxy) is 1. The first-order valence-electron chi connectivity index (χ1n) is 10.0. The molecule has 1 aromatic rings. The molecule has 1 saturated heterocycles. The molecule has 3 heterocycles. The van der Waals surface area contributed by atoms with Gasteiger partial charge in [0.1, 0.15) is 13.7 Å². The van der Waals surface area contributed by atoms with Crippen LogP contribution in [0.15, 0.2) is 30.6 Å². The van der Waals surface area contributed by atoms with Crippen LogP contribution in [-0.4, -0.2) is 41.7 Å². The lowest BCUT2D eigenvalue weighted by atomic mass is 9.71. The van der Waals surface area contributed by atoms with Crippen LogP contribution >= 0.6 is 0 Å². The van der Waals surface area contributed by atoms with Crippen molar-refractivity contribution in [1.82, 2.24) is 9.88 Å². The van der Waals surface area contributed by atoms with Gasteiger partial charge >= 0.3 is 6.09 Å². The molecule has 5 nitrogen and oxygen atoms in total. The molecule has 0 aromatic carbocycles. The molecule has 1 amide bonds. The lowest BCUT2D eigenvalue weighted by Crippen LogP contribution is -2.53. The van der Waals surface area contributed by atoms with Gasteiger partial charge in [-0.2, -0.15) is 5.26 Å². The van der Waals surface area contributed by atoms with Gasteiger partial charge in [0.15, 0.2) is 0 Å². The first-order chi connectivity index (χ1) is 13.4. The molecule has 0 unspecified atom stereocenters. The zero-order valence-corrected chi connectivity index (χ0v) is 19.1. The van der Waals surface area contributed by atoms with Crippen molar-refractivity contribution < 1.29 is 9.53 Å². The second-order valence-corrected chi connectivity index (χ2v) is 14.7. The van der Waals surface area contributed by atoms with Crippen molar-refractivity contribution in [3.63, 3.8) is 0 Å². The summed E-state index contributed by atoms with van der Waals surface area (Å²) in [5.41, 5.74) is 3.84. The molecular weight excluding hydrogens is 378 g/mol. The summed E-state index contributed by atoms with van der Waals surface area (Å²) in [6.07, 6.45) is 8.31. The Hall–Kier alpha value is -2.57. The van der Waals surface area contributed by atoms with E-state index < -0.39 is 19.1 Å². The number of nitriles is 1. The van der Waals surface area contributed by atoms with Crippen LogP contribution in [0.1, 0.15) is 44.7 Å². The highest BCUT2D eigenvalue weighted by molar-refractivity contribution is 6.83. The third kappa shape index (κ3) is 4.71. The van der Waals surface area contributed by atoms with Crippen molar-refractivity contribution in [3.05, 3.63) is 41.7 Å². The predicted octanol–water partition coefficient (Wildman–Crippen LogP) is 4.41. The Morgan fingerprint density at radius 3 is 2.38 bits per heavy atom. The van der Waals surface area contributed by atoms with Crippen LogP contribution in [-0.2, 0) is 10.2 Å². The Labute approximate surface area is 174 Å². The van der Waals surface area contributed by atoms with E-state index in [0.717, 1.165) is 11.1 Å². The van der Waals surface area contributed by atoms with Crippen LogP contribution in [0.25, 0.3) is 0 Å². The first kappa shape index (κ1) is 21.1. The molecule has 6 heteroatoms. The fraction of sp³-hybridized carbons (Fsp3) is 0.522. The number of pyridine rings is 1. The molecule has 3 rings (SSSR count). The van der Waals surface area contributed by atoms with E-state index in [1.807, 2.05) is 39.0 Å². The standard InChI is InChI=1S/C23H29N3O2Si/c1-22(2,3)28-21(27)26-19-7-8-20(26)13-23(12-19,16-24)18-11-17(14-25-15-18)9-10-29(4,5)6/h7-8,11,14-15,19-20H,12-13H2,1-6H3/t19-,20+,23+. The molecule has 0 radical (unpaired) electrons. The summed E-state index contributed by atoms with van der Waals surface area (Å²) in [5, 5.41) is 10.2. The second-order valence-electron chi connectivity index (χ2n) is 9.97. The Balaban J connectivity index is 1.87. The number of carbonyl (C=O) groups excluding carboxylic acids is 1. The summed E-state index contributed by atoms with van der Waals surface area (Å²) in [7, 11) is -1.50. The minimum absolute atomic E-state index is 0.153. The summed E-state index contributed by atoms with van der Waals surface area (Å²) >= 11 is 0. The highest BCUT2D eigenvalue weighted by atomic mass is 28.3. The van der Waals surface area contributed by atoms with Crippen LogP contribution in [0.5, 0.6) is 0 Å². The number of hydrogen-bond acceptors (Lipinski definition) is 4. The van der Waals surface area contributed by atoms with E-state index in [1.54, 1.807) is 17.3 Å². The topological polar surface area (TPSA) is 66.2 Å². The van der Waals surface area contributed by atoms with Crippen molar-refractivity contribution in [2.75, 3.05) is 0 Å². The summed E-state index contributed by atoms with van der Waals surface area (Å²) in [4.78, 5) is 18.8. The van der Waals surface area contributed by atoms with Gasteiger partial charge in [-0.25, -0.2) is 4.79 Å². The van der Waals surface area contributed by atoms with E-state index >= 15 is 0 Å². The second kappa shape index (κ2) is 7.35. The minimum Gasteiger partial charge on any atom is -0.444 e. The molecule has 152 valence electrons. The Morgan fingerprint density at radius 2 is 1.86 bits per heavy atom. The number of rotatable bonds is 1. The van der Waals surface area contributed by atoms with E-state index in [9.17, 15) is 10.1 Å². The minimum atomic E-state index is -1.50. The fourth-order valence-electron chi connectivity index (χ4n) is 3.82. The Bertz CT molecular complexity index is 922. The van der Waals surface area contributed by atoms with Crippen LogP contribution in [0.4, 0.5) is 4.79 Å². The lowest BCUT2D eigenvalue weighted by molar-refractivity contribution is 0.00562. The highest BCUT2D eigenvalue weighted by Crippen LogP contribution is 2.44. The van der Waals surface area contributed by atoms with Gasteiger partial charge in [0.05, 0.1) is 23.6 Å². The number of nitrogens with zero attached hydrogens (tertiary/aromatic N) is 3. The number of hydrogen-bond donors (Lipinski definition) is 0. The third-order valence-electron chi connectivity index (χ3n) is 5.08. The average molecular weight is 408 g/mol. The van der Waals surface area contributed by atoms with Crippen molar-refractivity contribution in [3.8, 4) is 17.5 Å². The smallest absolute Gasteiger partial charge is 0.411 e. The molecule has 0 N–H and O–H groups in total. The SMILES string of the molecule is CC(C)(C)OC(=O)N1[C@@H]2C=C[C@H]1C[C@@](C#N)(c1cncc(C#C[Si](C)(C)C)c1)C2. The molecule has 0 spiro atoms. The monoisotopic (exact) mass is 407 g/mol. The van der Waals surface area contributed by atoms with Crippen molar-refractivity contribution >= 4 is 14.2 Å². The molecule has 1 fully saturated rings. The van der Waals surface area contributed by atoms with Gasteiger partial charge in [-0.15, -0.1) is 5.54 Å². The van der Waals surface area contributed by atoms with Crippen LogP contribution in [0.3, 0.4) is 0 Å². The van der Waals surface area contributed by atoms with Crippen molar-refractivity contribution in [2.24, 2.45) is 0 Å². The normalized spacial score (nSPS) is 25.8. The zero-order valence-electron chi connectivity index (χ0n) is 18.1. The Morgan fingerprint density at radius 1 is 1.24 bits per heavy atom. The van der Waals surface area contributed by atoms with Gasteiger partial charge < -0.3 is 4.74 Å². The maximum atomic E-state index is 12.7. The highest BCUT2D eigenvalue weighted by Gasteiger charge is 2.50. The lowest BCUT2D eigenvalue weighted by Gasteiger charge is -2.43. The number of fused-ring (bicyclic) bond motifs is 2. The molecule has 3 atom stereocenters. The quantitative estimate of drug-likeness (QED) is 0.393. The fourth-order valence-corrected chi connectivity index (χ4v) is 4.34. The maximum Gasteiger partial charge on any atom is 0.411 e. The number of amides is 1. The van der Waals surface area contributed by atoms with Crippen molar-refractivity contribution in [1.29, 1.82) is 5.26 Å². The van der Waals surface area contributed by atoms with Crippen molar-refractivity contribution in [2.45, 2.75) is 76.4 Å². The van der Waals surface area contributed by atoms with Gasteiger partial charge in [0, 0.05) is 18.0 Å². The van der Waals surface area contributed by atoms with Gasteiger partial charge in [0.25, 0.3) is 0 Å². The molecule has 0 aliphatic carbocycles. The van der Waals surface area contributed by atoms with E-state index in [2.05, 4.69) is 42.2 Å². The molecule has 1 aromatic heterocycles. The number of piperidine rings is 1. The van der Waals surface area contributed by atoms with Gasteiger partial charge in [-0.3, -0.25) is 9.88 Å².